The van der Waals surface area contributed by atoms with Gasteiger partial charge in [-0.3, -0.25) is 9.69 Å². The molecule has 0 radical (unpaired) electrons. The minimum atomic E-state index is -0.267. The Bertz CT molecular complexity index is 442. The van der Waals surface area contributed by atoms with E-state index >= 15 is 0 Å². The molecule has 1 aliphatic rings. The van der Waals surface area contributed by atoms with Gasteiger partial charge in [-0.15, -0.1) is 0 Å². The van der Waals surface area contributed by atoms with E-state index in [0.29, 0.717) is 11.8 Å². The van der Waals surface area contributed by atoms with Crippen LogP contribution in [0.5, 0.6) is 5.75 Å². The smallest absolute Gasteiger partial charge is 0.308 e. The van der Waals surface area contributed by atoms with Gasteiger partial charge < -0.3 is 10.1 Å². The SMILES string of the molecule is CCC[C@H](c1cccc(OC(C)=O)c1)N1CCNCC1. The first-order valence-electron chi connectivity index (χ1n) is 7.44. The van der Waals surface area contributed by atoms with E-state index in [2.05, 4.69) is 23.2 Å². The van der Waals surface area contributed by atoms with Crippen molar-refractivity contribution in [3.8, 4) is 5.75 Å². The quantitative estimate of drug-likeness (QED) is 0.662. The molecule has 1 heterocycles. The number of benzene rings is 1. The van der Waals surface area contributed by atoms with E-state index < -0.39 is 0 Å². The number of nitrogens with zero attached hydrogens (tertiary/aromatic N) is 1. The van der Waals surface area contributed by atoms with Crippen molar-refractivity contribution >= 4 is 5.97 Å². The second-order valence-electron chi connectivity index (χ2n) is 5.26. The molecular formula is C16H24N2O2. The summed E-state index contributed by atoms with van der Waals surface area (Å²) in [5.41, 5.74) is 1.24. The molecule has 1 fully saturated rings. The number of esters is 1. The maximum absolute atomic E-state index is 11.1. The number of nitrogens with one attached hydrogen (secondary N) is 1. The molecule has 2 rings (SSSR count). The van der Waals surface area contributed by atoms with Crippen LogP contribution in [0, 0.1) is 0 Å². The second kappa shape index (κ2) is 7.41. The van der Waals surface area contributed by atoms with Crippen molar-refractivity contribution in [2.24, 2.45) is 0 Å². The van der Waals surface area contributed by atoms with Crippen LogP contribution in [0.4, 0.5) is 0 Å². The lowest BCUT2D eigenvalue weighted by Gasteiger charge is -2.35. The standard InChI is InChI=1S/C16H24N2O2/c1-3-5-16(18-10-8-17-9-11-18)14-6-4-7-15(12-14)20-13(2)19/h4,6-7,12,16-17H,3,5,8-11H2,1-2H3/t16-/m1/s1. The van der Waals surface area contributed by atoms with Crippen LogP contribution >= 0.6 is 0 Å². The van der Waals surface area contributed by atoms with Gasteiger partial charge in [0.15, 0.2) is 0 Å². The Hall–Kier alpha value is -1.39. The molecule has 0 saturated carbocycles. The van der Waals surface area contributed by atoms with Crippen LogP contribution in [-0.2, 0) is 4.79 Å². The third-order valence-corrected chi connectivity index (χ3v) is 3.66. The molecule has 0 bridgehead atoms. The predicted molar refractivity (Wildman–Crippen MR) is 79.8 cm³/mol. The van der Waals surface area contributed by atoms with Crippen LogP contribution in [0.15, 0.2) is 24.3 Å². The number of carbonyl (C=O) groups excluding carboxylic acids is 1. The first kappa shape index (κ1) is 15.0. The fraction of sp³-hybridized carbons (Fsp3) is 0.562. The zero-order valence-corrected chi connectivity index (χ0v) is 12.4. The van der Waals surface area contributed by atoms with E-state index in [0.717, 1.165) is 39.0 Å². The number of carbonyl (C=O) groups is 1. The van der Waals surface area contributed by atoms with Gasteiger partial charge in [-0.2, -0.15) is 0 Å². The lowest BCUT2D eigenvalue weighted by atomic mass is 9.99. The summed E-state index contributed by atoms with van der Waals surface area (Å²) in [5.74, 6) is 0.377. The minimum Gasteiger partial charge on any atom is -0.427 e. The molecule has 0 amide bonds. The third-order valence-electron chi connectivity index (χ3n) is 3.66. The Balaban J connectivity index is 2.17. The molecule has 1 aliphatic heterocycles. The van der Waals surface area contributed by atoms with E-state index in [9.17, 15) is 4.79 Å². The van der Waals surface area contributed by atoms with E-state index in [4.69, 9.17) is 4.74 Å². The largest absolute Gasteiger partial charge is 0.427 e. The number of piperazine rings is 1. The predicted octanol–water partition coefficient (Wildman–Crippen LogP) is 2.36. The molecule has 1 aromatic rings. The summed E-state index contributed by atoms with van der Waals surface area (Å²) < 4.78 is 5.20. The van der Waals surface area contributed by atoms with Gasteiger partial charge in [0.1, 0.15) is 5.75 Å². The van der Waals surface area contributed by atoms with Crippen LogP contribution < -0.4 is 10.1 Å². The van der Waals surface area contributed by atoms with Gasteiger partial charge in [0, 0.05) is 39.1 Å². The summed E-state index contributed by atoms with van der Waals surface area (Å²) >= 11 is 0. The normalized spacial score (nSPS) is 17.7. The van der Waals surface area contributed by atoms with Gasteiger partial charge in [0.25, 0.3) is 0 Å². The first-order valence-corrected chi connectivity index (χ1v) is 7.44. The van der Waals surface area contributed by atoms with Gasteiger partial charge in [-0.25, -0.2) is 0 Å². The van der Waals surface area contributed by atoms with Gasteiger partial charge in [-0.05, 0) is 24.1 Å². The van der Waals surface area contributed by atoms with Crippen LogP contribution in [0.3, 0.4) is 0 Å². The van der Waals surface area contributed by atoms with Crippen LogP contribution in [0.2, 0.25) is 0 Å². The minimum absolute atomic E-state index is 0.267. The van der Waals surface area contributed by atoms with Crippen molar-refractivity contribution in [2.75, 3.05) is 26.2 Å². The Morgan fingerprint density at radius 2 is 2.15 bits per heavy atom. The molecule has 1 saturated heterocycles. The van der Waals surface area contributed by atoms with Crippen molar-refractivity contribution in [1.82, 2.24) is 10.2 Å². The lowest BCUT2D eigenvalue weighted by Crippen LogP contribution is -2.45. The maximum atomic E-state index is 11.1. The van der Waals surface area contributed by atoms with Gasteiger partial charge >= 0.3 is 5.97 Å². The molecule has 0 aliphatic carbocycles. The highest BCUT2D eigenvalue weighted by Gasteiger charge is 2.21. The topological polar surface area (TPSA) is 41.6 Å². The Morgan fingerprint density at radius 1 is 1.40 bits per heavy atom. The number of rotatable bonds is 5. The second-order valence-corrected chi connectivity index (χ2v) is 5.26. The van der Waals surface area contributed by atoms with E-state index in [-0.39, 0.29) is 5.97 Å². The molecule has 20 heavy (non-hydrogen) atoms. The summed E-state index contributed by atoms with van der Waals surface area (Å²) in [7, 11) is 0. The highest BCUT2D eigenvalue weighted by atomic mass is 16.5. The van der Waals surface area contributed by atoms with Crippen molar-refractivity contribution in [1.29, 1.82) is 0 Å². The molecule has 0 unspecified atom stereocenters. The number of hydrogen-bond donors (Lipinski definition) is 1. The van der Waals surface area contributed by atoms with E-state index in [1.807, 2.05) is 18.2 Å². The molecule has 0 aromatic heterocycles. The molecular weight excluding hydrogens is 252 g/mol. The van der Waals surface area contributed by atoms with Crippen molar-refractivity contribution in [3.63, 3.8) is 0 Å². The Kier molecular flexibility index (Phi) is 5.56. The fourth-order valence-corrected chi connectivity index (χ4v) is 2.78. The summed E-state index contributed by atoms with van der Waals surface area (Å²) in [5, 5.41) is 3.39. The molecule has 4 heteroatoms. The summed E-state index contributed by atoms with van der Waals surface area (Å²) in [6.07, 6.45) is 2.27. The molecule has 0 spiro atoms. The molecule has 1 N–H and O–H groups in total. The third kappa shape index (κ3) is 4.05. The first-order chi connectivity index (χ1) is 9.70. The molecule has 1 atom stereocenters. The zero-order chi connectivity index (χ0) is 14.4. The van der Waals surface area contributed by atoms with Crippen molar-refractivity contribution in [3.05, 3.63) is 29.8 Å². The molecule has 110 valence electrons. The average Bonchev–Trinajstić information content (AvgIpc) is 2.45. The zero-order valence-electron chi connectivity index (χ0n) is 12.4. The Labute approximate surface area is 121 Å². The van der Waals surface area contributed by atoms with E-state index in [1.54, 1.807) is 0 Å². The van der Waals surface area contributed by atoms with Crippen LogP contribution in [0.25, 0.3) is 0 Å². The molecule has 4 nitrogen and oxygen atoms in total. The Morgan fingerprint density at radius 3 is 2.80 bits per heavy atom. The van der Waals surface area contributed by atoms with E-state index in [1.165, 1.54) is 12.5 Å². The highest BCUT2D eigenvalue weighted by Crippen LogP contribution is 2.28. The number of ether oxygens (including phenoxy) is 1. The lowest BCUT2D eigenvalue weighted by molar-refractivity contribution is -0.131. The summed E-state index contributed by atoms with van der Waals surface area (Å²) in [6.45, 7) is 7.89. The monoisotopic (exact) mass is 276 g/mol. The summed E-state index contributed by atoms with van der Waals surface area (Å²) in [4.78, 5) is 13.6. The van der Waals surface area contributed by atoms with Crippen LogP contribution in [-0.4, -0.2) is 37.0 Å². The van der Waals surface area contributed by atoms with Gasteiger partial charge in [0.05, 0.1) is 0 Å². The van der Waals surface area contributed by atoms with Crippen LogP contribution in [0.1, 0.15) is 38.3 Å². The van der Waals surface area contributed by atoms with Gasteiger partial charge in [-0.1, -0.05) is 25.5 Å². The fourth-order valence-electron chi connectivity index (χ4n) is 2.78. The molecule has 1 aromatic carbocycles. The maximum Gasteiger partial charge on any atom is 0.308 e. The highest BCUT2D eigenvalue weighted by molar-refractivity contribution is 5.69. The van der Waals surface area contributed by atoms with Crippen molar-refractivity contribution in [2.45, 2.75) is 32.7 Å². The van der Waals surface area contributed by atoms with Gasteiger partial charge in [0.2, 0.25) is 0 Å². The average molecular weight is 276 g/mol. The summed E-state index contributed by atoms with van der Waals surface area (Å²) in [6, 6.07) is 8.36. The number of hydrogen-bond acceptors (Lipinski definition) is 4. The van der Waals surface area contributed by atoms with Crippen molar-refractivity contribution < 1.29 is 9.53 Å².